The van der Waals surface area contributed by atoms with E-state index in [1.165, 1.54) is 12.2 Å². The maximum absolute atomic E-state index is 14.0. The third-order valence-electron chi connectivity index (χ3n) is 10.9. The number of Topliss-reactive ketones (excluding diaryl/α,β-unsaturated/α-hetero) is 1. The average Bonchev–Trinajstić information content (AvgIpc) is 2.88. The summed E-state index contributed by atoms with van der Waals surface area (Å²) in [5.41, 5.74) is -7.91. The molecule has 2 N–H and O–H groups in total. The summed E-state index contributed by atoms with van der Waals surface area (Å²) >= 11 is 0. The second-order valence-corrected chi connectivity index (χ2v) is 11.6. The average molecular weight is 456 g/mol. The maximum Gasteiger partial charge on any atom is 0.330 e. The van der Waals surface area contributed by atoms with Crippen LogP contribution in [0.15, 0.2) is 23.3 Å². The van der Waals surface area contributed by atoms with Crippen molar-refractivity contribution in [3.63, 3.8) is 0 Å². The molecule has 33 heavy (non-hydrogen) atoms. The molecule has 0 radical (unpaired) electrons. The highest BCUT2D eigenvalue weighted by Gasteiger charge is 3.05. The first kappa shape index (κ1) is 21.2. The van der Waals surface area contributed by atoms with Gasteiger partial charge >= 0.3 is 11.9 Å². The Morgan fingerprint density at radius 1 is 1.18 bits per heavy atom. The number of ether oxygens (including phenoxy) is 2. The molecule has 7 rings (SSSR count). The fourth-order valence-electron chi connectivity index (χ4n) is 10.1. The third-order valence-corrected chi connectivity index (χ3v) is 10.9. The van der Waals surface area contributed by atoms with Gasteiger partial charge in [0.1, 0.15) is 12.7 Å². The monoisotopic (exact) mass is 456 g/mol. The van der Waals surface area contributed by atoms with Crippen molar-refractivity contribution in [1.29, 1.82) is 0 Å². The van der Waals surface area contributed by atoms with Crippen LogP contribution in [0.25, 0.3) is 0 Å². The minimum atomic E-state index is -2.34. The topological polar surface area (TPSA) is 127 Å². The van der Waals surface area contributed by atoms with E-state index in [2.05, 4.69) is 0 Å². The summed E-state index contributed by atoms with van der Waals surface area (Å²) < 4.78 is 11.5. The number of hydrogen-bond acceptors (Lipinski definition) is 8. The molecule has 8 nitrogen and oxygen atoms in total. The molecule has 0 unspecified atom stereocenters. The predicted octanol–water partition coefficient (Wildman–Crippen LogP) is 1.03. The van der Waals surface area contributed by atoms with Gasteiger partial charge < -0.3 is 19.7 Å². The molecule has 8 heteroatoms. The van der Waals surface area contributed by atoms with Gasteiger partial charge in [-0.2, -0.15) is 0 Å². The molecule has 0 amide bonds. The Bertz CT molecular complexity index is 1160. The fraction of sp³-hybridized carbons (Fsp3) is 0.680. The van der Waals surface area contributed by atoms with Gasteiger partial charge in [-0.05, 0) is 39.2 Å². The molecule has 5 saturated carbocycles. The normalized spacial score (nSPS) is 54.3. The highest BCUT2D eigenvalue weighted by molar-refractivity contribution is 6.15. The predicted molar refractivity (Wildman–Crippen MR) is 111 cm³/mol. The SMILES string of the molecule is CC(C)=CC(=O)OC[C@]12[C@H]3C(=O)[C@]4(O)[C@@]5(O)C(=O)C=C(C)[C@]6(C[C@H]1OC(=O)C[C@H]2[C@]46C)[C@@]35C. The van der Waals surface area contributed by atoms with Crippen molar-refractivity contribution >= 4 is 23.5 Å². The molecule has 6 aliphatic carbocycles. The Balaban J connectivity index is 1.65. The van der Waals surface area contributed by atoms with Crippen LogP contribution in [0.4, 0.5) is 0 Å². The molecule has 1 saturated heterocycles. The number of rotatable bonds is 3. The van der Waals surface area contributed by atoms with Crippen LogP contribution in [-0.2, 0) is 28.7 Å². The lowest BCUT2D eigenvalue weighted by molar-refractivity contribution is -0.341. The lowest BCUT2D eigenvalue weighted by Crippen LogP contribution is -2.84. The highest BCUT2D eigenvalue weighted by Crippen LogP contribution is 2.95. The zero-order chi connectivity index (χ0) is 24.1. The molecule has 0 aromatic heterocycles. The van der Waals surface area contributed by atoms with E-state index in [-0.39, 0.29) is 19.4 Å². The number of esters is 2. The minimum Gasteiger partial charge on any atom is -0.462 e. The minimum absolute atomic E-state index is 0.0886. The molecule has 6 fully saturated rings. The number of allylic oxidation sites excluding steroid dienone is 2. The third kappa shape index (κ3) is 1.54. The number of carbonyl (C=O) groups excluding carboxylic acids is 4. The van der Waals surface area contributed by atoms with Gasteiger partial charge in [-0.25, -0.2) is 4.79 Å². The van der Waals surface area contributed by atoms with Crippen LogP contribution in [0.1, 0.15) is 47.5 Å². The van der Waals surface area contributed by atoms with Crippen LogP contribution in [-0.4, -0.2) is 57.6 Å². The van der Waals surface area contributed by atoms with Crippen molar-refractivity contribution < 1.29 is 38.9 Å². The van der Waals surface area contributed by atoms with Crippen molar-refractivity contribution in [2.45, 2.75) is 64.8 Å². The first-order valence-corrected chi connectivity index (χ1v) is 11.5. The maximum atomic E-state index is 14.0. The summed E-state index contributed by atoms with van der Waals surface area (Å²) in [6, 6.07) is 0. The van der Waals surface area contributed by atoms with E-state index in [1.54, 1.807) is 34.6 Å². The molecule has 7 aliphatic rings. The van der Waals surface area contributed by atoms with Gasteiger partial charge in [0.2, 0.25) is 0 Å². The molecule has 1 aliphatic heterocycles. The van der Waals surface area contributed by atoms with Gasteiger partial charge in [0.25, 0.3) is 0 Å². The van der Waals surface area contributed by atoms with E-state index in [0.717, 1.165) is 5.57 Å². The van der Waals surface area contributed by atoms with Crippen LogP contribution in [0.5, 0.6) is 0 Å². The summed E-state index contributed by atoms with van der Waals surface area (Å²) in [6.07, 6.45) is 2.13. The Hall–Kier alpha value is -2.32. The van der Waals surface area contributed by atoms with E-state index in [1.807, 2.05) is 0 Å². The van der Waals surface area contributed by atoms with Crippen LogP contribution < -0.4 is 0 Å². The van der Waals surface area contributed by atoms with Crippen LogP contribution in [0.3, 0.4) is 0 Å². The smallest absolute Gasteiger partial charge is 0.330 e. The van der Waals surface area contributed by atoms with Crippen molar-refractivity contribution in [2.24, 2.45) is 33.5 Å². The largest absolute Gasteiger partial charge is 0.462 e. The van der Waals surface area contributed by atoms with Crippen molar-refractivity contribution in [1.82, 2.24) is 0 Å². The van der Waals surface area contributed by atoms with E-state index >= 15 is 0 Å². The van der Waals surface area contributed by atoms with Gasteiger partial charge in [0, 0.05) is 34.7 Å². The Morgan fingerprint density at radius 3 is 2.48 bits per heavy atom. The van der Waals surface area contributed by atoms with Gasteiger partial charge in [-0.3, -0.25) is 14.4 Å². The fourth-order valence-corrected chi connectivity index (χ4v) is 10.1. The Kier molecular flexibility index (Phi) is 3.43. The number of aliphatic hydroxyl groups is 2. The van der Waals surface area contributed by atoms with Crippen molar-refractivity contribution in [2.75, 3.05) is 6.61 Å². The summed E-state index contributed by atoms with van der Waals surface area (Å²) in [5.74, 6) is -3.94. The van der Waals surface area contributed by atoms with Crippen molar-refractivity contribution in [3.05, 3.63) is 23.3 Å². The van der Waals surface area contributed by atoms with E-state index < -0.39 is 74.3 Å². The standard InChI is InChI=1S/C25H28O8/c1-11(2)6-16(27)32-10-22-13-8-17(28)33-15(22)9-23-12(3)7-14(26)24(30)21(23,5)18(22)19(29)25(24,31)20(13,23)4/h6-7,13,15,18,30-31H,8-10H2,1-5H3/t13-,15+,18-,20-,21+,22+,23-,24+,25+/m0/s1. The van der Waals surface area contributed by atoms with E-state index in [0.29, 0.717) is 5.57 Å². The summed E-state index contributed by atoms with van der Waals surface area (Å²) in [5, 5.41) is 24.2. The highest BCUT2D eigenvalue weighted by atomic mass is 16.6. The first-order chi connectivity index (χ1) is 15.2. The molecule has 9 atom stereocenters. The number of carbonyl (C=O) groups is 4. The molecular weight excluding hydrogens is 428 g/mol. The second kappa shape index (κ2) is 5.33. The Morgan fingerprint density at radius 2 is 1.85 bits per heavy atom. The molecular formula is C25H28O8. The molecule has 0 aromatic rings. The molecule has 1 heterocycles. The Labute approximate surface area is 191 Å². The first-order valence-electron chi connectivity index (χ1n) is 11.5. The van der Waals surface area contributed by atoms with Crippen LogP contribution in [0.2, 0.25) is 0 Å². The van der Waals surface area contributed by atoms with Crippen molar-refractivity contribution in [3.8, 4) is 0 Å². The van der Waals surface area contributed by atoms with Gasteiger partial charge in [0.05, 0.1) is 5.41 Å². The lowest BCUT2D eigenvalue weighted by atomic mass is 9.24. The van der Waals surface area contributed by atoms with Crippen LogP contribution in [0, 0.1) is 33.5 Å². The van der Waals surface area contributed by atoms with E-state index in [9.17, 15) is 29.4 Å². The number of hydrogen-bond donors (Lipinski definition) is 2. The van der Waals surface area contributed by atoms with Gasteiger partial charge in [0.15, 0.2) is 22.8 Å². The van der Waals surface area contributed by atoms with Gasteiger partial charge in [-0.15, -0.1) is 0 Å². The van der Waals surface area contributed by atoms with Gasteiger partial charge in [-0.1, -0.05) is 25.0 Å². The number of ketones is 2. The molecule has 1 spiro atoms. The second-order valence-electron chi connectivity index (χ2n) is 11.6. The molecule has 8 bridgehead atoms. The lowest BCUT2D eigenvalue weighted by Gasteiger charge is -2.78. The molecule has 0 aromatic carbocycles. The zero-order valence-corrected chi connectivity index (χ0v) is 19.4. The summed E-state index contributed by atoms with van der Waals surface area (Å²) in [4.78, 5) is 52.5. The zero-order valence-electron chi connectivity index (χ0n) is 19.4. The quantitative estimate of drug-likeness (QED) is 0.476. The van der Waals surface area contributed by atoms with E-state index in [4.69, 9.17) is 9.47 Å². The molecule has 176 valence electrons. The summed E-state index contributed by atoms with van der Waals surface area (Å²) in [6.45, 7) is 8.58. The summed E-state index contributed by atoms with van der Waals surface area (Å²) in [7, 11) is 0. The van der Waals surface area contributed by atoms with Crippen LogP contribution >= 0.6 is 0 Å².